The van der Waals surface area contributed by atoms with E-state index in [0.29, 0.717) is 30.5 Å². The topological polar surface area (TPSA) is 66.8 Å². The number of aliphatic hydroxyl groups excluding tert-OH is 1. The van der Waals surface area contributed by atoms with Gasteiger partial charge in [-0.1, -0.05) is 50.5 Å². The first-order chi connectivity index (χ1) is 12.1. The van der Waals surface area contributed by atoms with Crippen molar-refractivity contribution in [1.82, 2.24) is 0 Å². The molecular formula is C21H34O4. The van der Waals surface area contributed by atoms with Gasteiger partial charge in [0, 0.05) is 12.3 Å². The number of rotatable bonds is 12. The highest BCUT2D eigenvalue weighted by molar-refractivity contribution is 5.66. The van der Waals surface area contributed by atoms with E-state index in [2.05, 4.69) is 25.2 Å². The van der Waals surface area contributed by atoms with Crippen LogP contribution in [0.25, 0.3) is 0 Å². The highest BCUT2D eigenvalue weighted by Crippen LogP contribution is 2.45. The molecule has 4 nitrogen and oxygen atoms in total. The van der Waals surface area contributed by atoms with Crippen LogP contribution >= 0.6 is 0 Å². The first kappa shape index (κ1) is 20.2. The van der Waals surface area contributed by atoms with Crippen molar-refractivity contribution in [2.75, 3.05) is 0 Å². The molecule has 0 aliphatic carbocycles. The molecule has 142 valence electrons. The molecule has 25 heavy (non-hydrogen) atoms. The zero-order chi connectivity index (χ0) is 18.1. The average Bonchev–Trinajstić information content (AvgIpc) is 3.17. The average molecular weight is 350 g/mol. The van der Waals surface area contributed by atoms with Crippen LogP contribution in [0.15, 0.2) is 24.3 Å². The Kier molecular flexibility index (Phi) is 8.70. The van der Waals surface area contributed by atoms with Crippen LogP contribution in [0, 0.1) is 11.8 Å². The molecule has 2 fully saturated rings. The highest BCUT2D eigenvalue weighted by atomic mass is 16.5. The lowest BCUT2D eigenvalue weighted by Crippen LogP contribution is -2.25. The minimum absolute atomic E-state index is 0.239. The molecule has 0 spiro atoms. The number of ether oxygens (including phenoxy) is 1. The molecule has 2 aliphatic rings. The van der Waals surface area contributed by atoms with Gasteiger partial charge in [-0.2, -0.15) is 0 Å². The molecule has 0 saturated carbocycles. The molecule has 2 rings (SSSR count). The highest BCUT2D eigenvalue weighted by Gasteiger charge is 2.46. The number of unbranched alkanes of at least 4 members (excludes halogenated alkanes) is 3. The standard InChI is InChI=1S/C21H34O4/c1-2-3-6-9-16(22)12-13-18-17(19-14-15-20(18)25-19)10-7-4-5-8-11-21(23)24/h4,7,12-13,16-20,22H,2-3,5-6,8-11,14-15H2,1H3,(H,23,24)/t16-,17+,18+,19?,20?/m0/s1. The Labute approximate surface area is 152 Å². The molecular weight excluding hydrogens is 316 g/mol. The quantitative estimate of drug-likeness (QED) is 0.402. The lowest BCUT2D eigenvalue weighted by Gasteiger charge is -2.25. The maximum atomic E-state index is 10.5. The van der Waals surface area contributed by atoms with Crippen LogP contribution < -0.4 is 0 Å². The maximum absolute atomic E-state index is 10.5. The van der Waals surface area contributed by atoms with Crippen molar-refractivity contribution in [1.29, 1.82) is 0 Å². The molecule has 5 atom stereocenters. The van der Waals surface area contributed by atoms with E-state index in [1.165, 1.54) is 12.8 Å². The van der Waals surface area contributed by atoms with Crippen molar-refractivity contribution in [3.63, 3.8) is 0 Å². The Morgan fingerprint density at radius 3 is 2.76 bits per heavy atom. The fourth-order valence-corrected chi connectivity index (χ4v) is 4.09. The van der Waals surface area contributed by atoms with Crippen molar-refractivity contribution in [2.45, 2.75) is 89.4 Å². The minimum Gasteiger partial charge on any atom is -0.481 e. The van der Waals surface area contributed by atoms with Gasteiger partial charge in [-0.15, -0.1) is 0 Å². The second-order valence-electron chi connectivity index (χ2n) is 7.47. The second-order valence-corrected chi connectivity index (χ2v) is 7.47. The van der Waals surface area contributed by atoms with Crippen molar-refractivity contribution in [2.24, 2.45) is 11.8 Å². The third-order valence-corrected chi connectivity index (χ3v) is 5.48. The Morgan fingerprint density at radius 1 is 1.20 bits per heavy atom. The van der Waals surface area contributed by atoms with Crippen LogP contribution in [0.3, 0.4) is 0 Å². The van der Waals surface area contributed by atoms with Crippen molar-refractivity contribution >= 4 is 5.97 Å². The van der Waals surface area contributed by atoms with Gasteiger partial charge in [-0.25, -0.2) is 0 Å². The molecule has 2 N–H and O–H groups in total. The lowest BCUT2D eigenvalue weighted by atomic mass is 9.77. The summed E-state index contributed by atoms with van der Waals surface area (Å²) in [6.07, 6.45) is 18.1. The molecule has 0 radical (unpaired) electrons. The van der Waals surface area contributed by atoms with Gasteiger partial charge in [-0.05, 0) is 44.4 Å². The van der Waals surface area contributed by atoms with Gasteiger partial charge in [0.1, 0.15) is 0 Å². The molecule has 2 aliphatic heterocycles. The number of aliphatic hydroxyl groups is 1. The SMILES string of the molecule is CCCCC[C@H](O)C=C[C@H]1C2CCC(O2)[C@@H]1CC=CCCCC(=O)O. The van der Waals surface area contributed by atoms with Crippen LogP contribution in [-0.4, -0.2) is 34.5 Å². The number of fused-ring (bicyclic) bond motifs is 2. The Morgan fingerprint density at radius 2 is 2.00 bits per heavy atom. The summed E-state index contributed by atoms with van der Waals surface area (Å²) in [5.74, 6) is 0.175. The monoisotopic (exact) mass is 350 g/mol. The summed E-state index contributed by atoms with van der Waals surface area (Å²) in [7, 11) is 0. The smallest absolute Gasteiger partial charge is 0.303 e. The number of allylic oxidation sites excluding steroid dienone is 2. The van der Waals surface area contributed by atoms with Crippen LogP contribution in [0.1, 0.15) is 71.1 Å². The number of carboxylic acid groups (broad SMARTS) is 1. The lowest BCUT2D eigenvalue weighted by molar-refractivity contribution is -0.137. The number of hydrogen-bond donors (Lipinski definition) is 2. The summed E-state index contributed by atoms with van der Waals surface area (Å²) < 4.78 is 6.09. The third kappa shape index (κ3) is 6.59. The fraction of sp³-hybridized carbons (Fsp3) is 0.762. The molecule has 2 bridgehead atoms. The first-order valence-corrected chi connectivity index (χ1v) is 10.0. The largest absolute Gasteiger partial charge is 0.481 e. The van der Waals surface area contributed by atoms with Crippen LogP contribution in [-0.2, 0) is 9.53 Å². The van der Waals surface area contributed by atoms with Gasteiger partial charge in [-0.3, -0.25) is 4.79 Å². The van der Waals surface area contributed by atoms with Crippen LogP contribution in [0.2, 0.25) is 0 Å². The van der Waals surface area contributed by atoms with E-state index in [-0.39, 0.29) is 12.5 Å². The van der Waals surface area contributed by atoms with E-state index in [9.17, 15) is 9.90 Å². The molecule has 2 heterocycles. The van der Waals surface area contributed by atoms with Crippen LogP contribution in [0.4, 0.5) is 0 Å². The summed E-state index contributed by atoms with van der Waals surface area (Å²) in [4.78, 5) is 10.5. The number of carbonyl (C=O) groups is 1. The molecule has 2 saturated heterocycles. The van der Waals surface area contributed by atoms with Gasteiger partial charge in [0.05, 0.1) is 18.3 Å². The summed E-state index contributed by atoms with van der Waals surface area (Å²) in [5, 5.41) is 18.8. The van der Waals surface area contributed by atoms with Gasteiger partial charge < -0.3 is 14.9 Å². The van der Waals surface area contributed by atoms with E-state index < -0.39 is 5.97 Å². The Bertz CT molecular complexity index is 457. The molecule has 0 aromatic carbocycles. The summed E-state index contributed by atoms with van der Waals surface area (Å²) in [6.45, 7) is 2.18. The number of hydrogen-bond acceptors (Lipinski definition) is 3. The van der Waals surface area contributed by atoms with E-state index in [1.807, 2.05) is 6.08 Å². The molecule has 4 heteroatoms. The third-order valence-electron chi connectivity index (χ3n) is 5.48. The molecule has 0 aromatic rings. The minimum atomic E-state index is -0.724. The predicted octanol–water partition coefficient (Wildman–Crippen LogP) is 4.48. The van der Waals surface area contributed by atoms with E-state index >= 15 is 0 Å². The summed E-state index contributed by atoms with van der Waals surface area (Å²) in [5.41, 5.74) is 0. The van der Waals surface area contributed by atoms with Crippen molar-refractivity contribution in [3.05, 3.63) is 24.3 Å². The summed E-state index contributed by atoms with van der Waals surface area (Å²) >= 11 is 0. The Balaban J connectivity index is 1.78. The maximum Gasteiger partial charge on any atom is 0.303 e. The van der Waals surface area contributed by atoms with Crippen molar-refractivity contribution < 1.29 is 19.7 Å². The van der Waals surface area contributed by atoms with E-state index in [4.69, 9.17) is 9.84 Å². The second kappa shape index (κ2) is 10.8. The predicted molar refractivity (Wildman–Crippen MR) is 99.4 cm³/mol. The van der Waals surface area contributed by atoms with Crippen molar-refractivity contribution in [3.8, 4) is 0 Å². The van der Waals surface area contributed by atoms with Gasteiger partial charge in [0.15, 0.2) is 0 Å². The number of carboxylic acids is 1. The van der Waals surface area contributed by atoms with E-state index in [0.717, 1.165) is 38.5 Å². The number of aliphatic carboxylic acids is 1. The molecule has 0 amide bonds. The zero-order valence-electron chi connectivity index (χ0n) is 15.5. The van der Waals surface area contributed by atoms with Gasteiger partial charge in [0.2, 0.25) is 0 Å². The Hall–Kier alpha value is -1.13. The fourth-order valence-electron chi connectivity index (χ4n) is 4.09. The van der Waals surface area contributed by atoms with Gasteiger partial charge >= 0.3 is 5.97 Å². The van der Waals surface area contributed by atoms with Crippen LogP contribution in [0.5, 0.6) is 0 Å². The van der Waals surface area contributed by atoms with Gasteiger partial charge in [0.25, 0.3) is 0 Å². The molecule has 2 unspecified atom stereocenters. The normalized spacial score (nSPS) is 29.8. The summed E-state index contributed by atoms with van der Waals surface area (Å²) in [6, 6.07) is 0. The molecule has 0 aromatic heterocycles. The zero-order valence-corrected chi connectivity index (χ0v) is 15.5. The first-order valence-electron chi connectivity index (χ1n) is 10.0. The van der Waals surface area contributed by atoms with E-state index in [1.54, 1.807) is 0 Å².